The van der Waals surface area contributed by atoms with Crippen molar-refractivity contribution in [3.8, 4) is 0 Å². The first-order valence-electron chi connectivity index (χ1n) is 3.70. The molecule has 2 heteroatoms. The summed E-state index contributed by atoms with van der Waals surface area (Å²) >= 11 is 0. The SMILES string of the molecule is CNC(=O)C[C@H]1C=CCC1. The van der Waals surface area contributed by atoms with Crippen LogP contribution in [-0.2, 0) is 4.79 Å². The molecule has 0 radical (unpaired) electrons. The van der Waals surface area contributed by atoms with Crippen LogP contribution in [0.2, 0.25) is 0 Å². The summed E-state index contributed by atoms with van der Waals surface area (Å²) in [5, 5.41) is 2.62. The second-order valence-corrected chi connectivity index (χ2v) is 2.64. The van der Waals surface area contributed by atoms with Gasteiger partial charge in [0.2, 0.25) is 5.91 Å². The van der Waals surface area contributed by atoms with Gasteiger partial charge in [0.05, 0.1) is 0 Å². The fourth-order valence-corrected chi connectivity index (χ4v) is 1.21. The number of hydrogen-bond donors (Lipinski definition) is 1. The van der Waals surface area contributed by atoms with Crippen molar-refractivity contribution in [1.82, 2.24) is 5.32 Å². The molecular formula is C8H13NO. The Hall–Kier alpha value is -0.790. The average molecular weight is 139 g/mol. The number of rotatable bonds is 2. The molecule has 0 aliphatic heterocycles. The molecule has 10 heavy (non-hydrogen) atoms. The predicted molar refractivity (Wildman–Crippen MR) is 40.5 cm³/mol. The van der Waals surface area contributed by atoms with Gasteiger partial charge in [-0.2, -0.15) is 0 Å². The third-order valence-electron chi connectivity index (χ3n) is 1.84. The van der Waals surface area contributed by atoms with Crippen LogP contribution in [0.15, 0.2) is 12.2 Å². The van der Waals surface area contributed by atoms with E-state index in [0.29, 0.717) is 12.3 Å². The molecule has 1 aliphatic rings. The molecule has 1 atom stereocenters. The fourth-order valence-electron chi connectivity index (χ4n) is 1.21. The minimum absolute atomic E-state index is 0.150. The normalized spacial score (nSPS) is 23.1. The maximum atomic E-state index is 10.8. The van der Waals surface area contributed by atoms with Crippen LogP contribution in [0.3, 0.4) is 0 Å². The molecule has 1 amide bonds. The molecule has 0 spiro atoms. The first kappa shape index (κ1) is 7.32. The maximum Gasteiger partial charge on any atom is 0.220 e. The lowest BCUT2D eigenvalue weighted by Crippen LogP contribution is -2.19. The van der Waals surface area contributed by atoms with E-state index >= 15 is 0 Å². The Morgan fingerprint density at radius 3 is 3.10 bits per heavy atom. The molecule has 0 aromatic rings. The Balaban J connectivity index is 2.24. The molecule has 0 bridgehead atoms. The summed E-state index contributed by atoms with van der Waals surface area (Å²) in [5.41, 5.74) is 0. The Bertz CT molecular complexity index is 151. The van der Waals surface area contributed by atoms with Gasteiger partial charge < -0.3 is 5.32 Å². The van der Waals surface area contributed by atoms with Crippen LogP contribution in [0.1, 0.15) is 19.3 Å². The van der Waals surface area contributed by atoms with Crippen molar-refractivity contribution in [2.45, 2.75) is 19.3 Å². The highest BCUT2D eigenvalue weighted by Crippen LogP contribution is 2.19. The summed E-state index contributed by atoms with van der Waals surface area (Å²) in [4.78, 5) is 10.8. The van der Waals surface area contributed by atoms with E-state index < -0.39 is 0 Å². The fraction of sp³-hybridized carbons (Fsp3) is 0.625. The zero-order chi connectivity index (χ0) is 7.40. The lowest BCUT2D eigenvalue weighted by atomic mass is 10.1. The van der Waals surface area contributed by atoms with Crippen LogP contribution in [0.4, 0.5) is 0 Å². The predicted octanol–water partition coefficient (Wildman–Crippen LogP) is 1.09. The lowest BCUT2D eigenvalue weighted by Gasteiger charge is -2.04. The van der Waals surface area contributed by atoms with Crippen molar-refractivity contribution in [3.05, 3.63) is 12.2 Å². The summed E-state index contributed by atoms with van der Waals surface area (Å²) in [6.07, 6.45) is 7.23. The summed E-state index contributed by atoms with van der Waals surface area (Å²) < 4.78 is 0. The lowest BCUT2D eigenvalue weighted by molar-refractivity contribution is -0.121. The third-order valence-corrected chi connectivity index (χ3v) is 1.84. The number of amides is 1. The molecule has 56 valence electrons. The molecule has 2 nitrogen and oxygen atoms in total. The van der Waals surface area contributed by atoms with Gasteiger partial charge in [-0.3, -0.25) is 4.79 Å². The molecule has 1 aliphatic carbocycles. The molecule has 0 heterocycles. The van der Waals surface area contributed by atoms with Gasteiger partial charge in [0.25, 0.3) is 0 Å². The molecule has 1 rings (SSSR count). The molecule has 0 saturated heterocycles. The molecule has 0 aromatic carbocycles. The number of nitrogens with one attached hydrogen (secondary N) is 1. The zero-order valence-corrected chi connectivity index (χ0v) is 6.26. The summed E-state index contributed by atoms with van der Waals surface area (Å²) in [5.74, 6) is 0.650. The van der Waals surface area contributed by atoms with Gasteiger partial charge in [0.15, 0.2) is 0 Å². The highest BCUT2D eigenvalue weighted by atomic mass is 16.1. The van der Waals surface area contributed by atoms with Gasteiger partial charge in [-0.05, 0) is 18.8 Å². The Kier molecular flexibility index (Phi) is 2.49. The highest BCUT2D eigenvalue weighted by Gasteiger charge is 2.11. The maximum absolute atomic E-state index is 10.8. The van der Waals surface area contributed by atoms with Crippen LogP contribution in [0.25, 0.3) is 0 Å². The quantitative estimate of drug-likeness (QED) is 0.570. The molecule has 0 aromatic heterocycles. The van der Waals surface area contributed by atoms with Crippen molar-refractivity contribution in [2.75, 3.05) is 7.05 Å². The van der Waals surface area contributed by atoms with Crippen molar-refractivity contribution in [3.63, 3.8) is 0 Å². The second kappa shape index (κ2) is 3.40. The minimum Gasteiger partial charge on any atom is -0.359 e. The molecular weight excluding hydrogens is 126 g/mol. The van der Waals surface area contributed by atoms with E-state index in [1.165, 1.54) is 0 Å². The van der Waals surface area contributed by atoms with Crippen molar-refractivity contribution < 1.29 is 4.79 Å². The zero-order valence-electron chi connectivity index (χ0n) is 6.26. The monoisotopic (exact) mass is 139 g/mol. The smallest absolute Gasteiger partial charge is 0.220 e. The Morgan fingerprint density at radius 1 is 1.80 bits per heavy atom. The largest absolute Gasteiger partial charge is 0.359 e. The molecule has 0 fully saturated rings. The Labute approximate surface area is 61.3 Å². The number of carbonyl (C=O) groups excluding carboxylic acids is 1. The highest BCUT2D eigenvalue weighted by molar-refractivity contribution is 5.76. The van der Waals surface area contributed by atoms with Crippen molar-refractivity contribution in [1.29, 1.82) is 0 Å². The summed E-state index contributed by atoms with van der Waals surface area (Å²) in [6.45, 7) is 0. The van der Waals surface area contributed by atoms with Gasteiger partial charge in [-0.15, -0.1) is 0 Å². The first-order valence-corrected chi connectivity index (χ1v) is 3.70. The van der Waals surface area contributed by atoms with E-state index in [1.54, 1.807) is 7.05 Å². The molecule has 1 N–H and O–H groups in total. The standard InChI is InChI=1S/C8H13NO/c1-9-8(10)6-7-4-2-3-5-7/h2,4,7H,3,5-6H2,1H3,(H,9,10)/t7-/m0/s1. The second-order valence-electron chi connectivity index (χ2n) is 2.64. The van der Waals surface area contributed by atoms with Crippen LogP contribution in [0, 0.1) is 5.92 Å². The van der Waals surface area contributed by atoms with E-state index in [0.717, 1.165) is 12.8 Å². The number of allylic oxidation sites excluding steroid dienone is 2. The number of hydrogen-bond acceptors (Lipinski definition) is 1. The van der Waals surface area contributed by atoms with Crippen LogP contribution in [-0.4, -0.2) is 13.0 Å². The minimum atomic E-state index is 0.150. The van der Waals surface area contributed by atoms with Gasteiger partial charge in [0, 0.05) is 13.5 Å². The Morgan fingerprint density at radius 2 is 2.60 bits per heavy atom. The van der Waals surface area contributed by atoms with Gasteiger partial charge in [-0.1, -0.05) is 12.2 Å². The summed E-state index contributed by atoms with van der Waals surface area (Å²) in [6, 6.07) is 0. The first-order chi connectivity index (χ1) is 4.83. The third kappa shape index (κ3) is 1.87. The van der Waals surface area contributed by atoms with E-state index in [-0.39, 0.29) is 5.91 Å². The van der Waals surface area contributed by atoms with Gasteiger partial charge in [-0.25, -0.2) is 0 Å². The van der Waals surface area contributed by atoms with Crippen molar-refractivity contribution >= 4 is 5.91 Å². The average Bonchev–Trinajstić information content (AvgIpc) is 2.40. The van der Waals surface area contributed by atoms with E-state index in [2.05, 4.69) is 17.5 Å². The van der Waals surface area contributed by atoms with Gasteiger partial charge in [0.1, 0.15) is 0 Å². The van der Waals surface area contributed by atoms with E-state index in [9.17, 15) is 4.79 Å². The summed E-state index contributed by atoms with van der Waals surface area (Å²) in [7, 11) is 1.68. The van der Waals surface area contributed by atoms with Crippen LogP contribution in [0.5, 0.6) is 0 Å². The van der Waals surface area contributed by atoms with E-state index in [4.69, 9.17) is 0 Å². The topological polar surface area (TPSA) is 29.1 Å². The molecule has 0 unspecified atom stereocenters. The van der Waals surface area contributed by atoms with Gasteiger partial charge >= 0.3 is 0 Å². The van der Waals surface area contributed by atoms with Crippen LogP contribution < -0.4 is 5.32 Å². The molecule has 0 saturated carbocycles. The van der Waals surface area contributed by atoms with Crippen LogP contribution >= 0.6 is 0 Å². The van der Waals surface area contributed by atoms with Crippen molar-refractivity contribution in [2.24, 2.45) is 5.92 Å². The number of carbonyl (C=O) groups is 1. The van der Waals surface area contributed by atoms with E-state index in [1.807, 2.05) is 0 Å².